The van der Waals surface area contributed by atoms with E-state index in [2.05, 4.69) is 5.32 Å². The monoisotopic (exact) mass is 296 g/mol. The highest BCUT2D eigenvalue weighted by molar-refractivity contribution is 7.92. The second-order valence-corrected chi connectivity index (χ2v) is 9.34. The van der Waals surface area contributed by atoms with Gasteiger partial charge in [-0.1, -0.05) is 0 Å². The van der Waals surface area contributed by atoms with Gasteiger partial charge in [0.05, 0.1) is 17.3 Å². The van der Waals surface area contributed by atoms with Crippen LogP contribution >= 0.6 is 0 Å². The van der Waals surface area contributed by atoms with Crippen LogP contribution in [0.15, 0.2) is 0 Å². The number of sulfonamides is 1. The molecule has 0 unspecified atom stereocenters. The van der Waals surface area contributed by atoms with Crippen LogP contribution < -0.4 is 5.32 Å². The van der Waals surface area contributed by atoms with E-state index in [4.69, 9.17) is 0 Å². The Labute approximate surface area is 109 Å². The molecule has 18 heavy (non-hydrogen) atoms. The highest BCUT2D eigenvalue weighted by Crippen LogP contribution is 2.18. The first kappa shape index (κ1) is 14.2. The van der Waals surface area contributed by atoms with Gasteiger partial charge in [0.25, 0.3) is 0 Å². The van der Waals surface area contributed by atoms with Crippen molar-refractivity contribution in [3.8, 4) is 0 Å². The maximum absolute atomic E-state index is 12.0. The Morgan fingerprint density at radius 1 is 1.17 bits per heavy atom. The molecular weight excluding hydrogens is 276 g/mol. The smallest absolute Gasteiger partial charge is 0.214 e. The van der Waals surface area contributed by atoms with Crippen LogP contribution in [0.5, 0.6) is 0 Å². The van der Waals surface area contributed by atoms with E-state index in [0.717, 1.165) is 6.54 Å². The van der Waals surface area contributed by atoms with Crippen LogP contribution in [0, 0.1) is 0 Å². The van der Waals surface area contributed by atoms with Gasteiger partial charge in [-0.3, -0.25) is 0 Å². The van der Waals surface area contributed by atoms with E-state index in [0.29, 0.717) is 12.5 Å². The lowest BCUT2D eigenvalue weighted by atomic mass is 10.5. The molecular formula is C10H20N2O4S2. The standard InChI is InChI=1S/C10H20N2O4S2/c13-17(14)8-5-12(6-9-17)18(15,16)7-1-4-11-10-2-3-10/h10-11H,1-9H2. The average Bonchev–Trinajstić information content (AvgIpc) is 3.08. The average molecular weight is 296 g/mol. The van der Waals surface area contributed by atoms with E-state index in [-0.39, 0.29) is 30.3 Å². The van der Waals surface area contributed by atoms with Crippen LogP contribution in [-0.4, -0.2) is 64.1 Å². The minimum Gasteiger partial charge on any atom is -0.314 e. The van der Waals surface area contributed by atoms with Crippen molar-refractivity contribution >= 4 is 19.9 Å². The van der Waals surface area contributed by atoms with Gasteiger partial charge in [0.2, 0.25) is 10.0 Å². The molecule has 2 aliphatic rings. The van der Waals surface area contributed by atoms with Crippen LogP contribution in [0.25, 0.3) is 0 Å². The Hall–Kier alpha value is -0.180. The zero-order valence-electron chi connectivity index (χ0n) is 10.3. The molecule has 1 aliphatic carbocycles. The zero-order valence-corrected chi connectivity index (χ0v) is 12.0. The van der Waals surface area contributed by atoms with Gasteiger partial charge >= 0.3 is 0 Å². The van der Waals surface area contributed by atoms with Gasteiger partial charge in [-0.2, -0.15) is 4.31 Å². The van der Waals surface area contributed by atoms with Crippen LogP contribution in [-0.2, 0) is 19.9 Å². The van der Waals surface area contributed by atoms with Crippen molar-refractivity contribution in [2.45, 2.75) is 25.3 Å². The van der Waals surface area contributed by atoms with Gasteiger partial charge in [-0.15, -0.1) is 0 Å². The molecule has 1 saturated carbocycles. The summed E-state index contributed by atoms with van der Waals surface area (Å²) in [5.41, 5.74) is 0. The summed E-state index contributed by atoms with van der Waals surface area (Å²) in [6.07, 6.45) is 2.97. The number of sulfone groups is 1. The van der Waals surface area contributed by atoms with Crippen molar-refractivity contribution in [1.82, 2.24) is 9.62 Å². The summed E-state index contributed by atoms with van der Waals surface area (Å²) in [4.78, 5) is 0. The summed E-state index contributed by atoms with van der Waals surface area (Å²) in [6, 6.07) is 0.591. The van der Waals surface area contributed by atoms with Gasteiger partial charge in [0.1, 0.15) is 0 Å². The fraction of sp³-hybridized carbons (Fsp3) is 1.00. The molecule has 0 aromatic heterocycles. The third-order valence-corrected chi connectivity index (χ3v) is 6.85. The van der Waals surface area contributed by atoms with Crippen molar-refractivity contribution in [3.05, 3.63) is 0 Å². The number of hydrogen-bond donors (Lipinski definition) is 1. The lowest BCUT2D eigenvalue weighted by Crippen LogP contribution is -2.44. The Bertz CT molecular complexity index is 468. The van der Waals surface area contributed by atoms with E-state index in [1.807, 2.05) is 0 Å². The predicted octanol–water partition coefficient (Wildman–Crippen LogP) is -0.811. The van der Waals surface area contributed by atoms with Crippen molar-refractivity contribution < 1.29 is 16.8 Å². The number of nitrogens with one attached hydrogen (secondary N) is 1. The van der Waals surface area contributed by atoms with Gasteiger partial charge < -0.3 is 5.32 Å². The van der Waals surface area contributed by atoms with Gasteiger partial charge in [-0.25, -0.2) is 16.8 Å². The molecule has 2 rings (SSSR count). The van der Waals surface area contributed by atoms with Crippen LogP contribution in [0.2, 0.25) is 0 Å². The van der Waals surface area contributed by atoms with Crippen molar-refractivity contribution in [2.75, 3.05) is 36.9 Å². The van der Waals surface area contributed by atoms with Crippen LogP contribution in [0.4, 0.5) is 0 Å². The largest absolute Gasteiger partial charge is 0.314 e. The second-order valence-electron chi connectivity index (χ2n) is 4.95. The van der Waals surface area contributed by atoms with E-state index in [9.17, 15) is 16.8 Å². The first-order chi connectivity index (χ1) is 8.39. The molecule has 6 nitrogen and oxygen atoms in total. The van der Waals surface area contributed by atoms with Gasteiger partial charge in [0, 0.05) is 19.1 Å². The number of hydrogen-bond acceptors (Lipinski definition) is 5. The molecule has 0 atom stereocenters. The molecule has 2 fully saturated rings. The van der Waals surface area contributed by atoms with Crippen LogP contribution in [0.1, 0.15) is 19.3 Å². The quantitative estimate of drug-likeness (QED) is 0.648. The maximum Gasteiger partial charge on any atom is 0.214 e. The van der Waals surface area contributed by atoms with Crippen molar-refractivity contribution in [2.24, 2.45) is 0 Å². The van der Waals surface area contributed by atoms with Crippen molar-refractivity contribution in [3.63, 3.8) is 0 Å². The van der Waals surface area contributed by atoms with E-state index in [1.165, 1.54) is 17.1 Å². The highest BCUT2D eigenvalue weighted by Gasteiger charge is 2.29. The number of rotatable bonds is 6. The molecule has 0 amide bonds. The molecule has 0 radical (unpaired) electrons. The summed E-state index contributed by atoms with van der Waals surface area (Å²) in [6.45, 7) is 0.942. The molecule has 106 valence electrons. The normalized spacial score (nSPS) is 25.1. The SMILES string of the molecule is O=S1(=O)CCN(S(=O)(=O)CCCNC2CC2)CC1. The Balaban J connectivity index is 1.75. The first-order valence-corrected chi connectivity index (χ1v) is 9.74. The Kier molecular flexibility index (Phi) is 4.30. The molecule has 0 aromatic rings. The van der Waals surface area contributed by atoms with Crippen molar-refractivity contribution in [1.29, 1.82) is 0 Å². The first-order valence-electron chi connectivity index (χ1n) is 6.31. The summed E-state index contributed by atoms with van der Waals surface area (Å²) in [5, 5.41) is 3.27. The molecule has 1 N–H and O–H groups in total. The third kappa shape index (κ3) is 4.18. The second kappa shape index (κ2) is 5.44. The Morgan fingerprint density at radius 3 is 2.33 bits per heavy atom. The zero-order chi connectivity index (χ0) is 13.2. The fourth-order valence-corrected chi connectivity index (χ4v) is 4.89. The highest BCUT2D eigenvalue weighted by atomic mass is 32.2. The molecule has 0 spiro atoms. The molecule has 0 bridgehead atoms. The van der Waals surface area contributed by atoms with Crippen LogP contribution in [0.3, 0.4) is 0 Å². The predicted molar refractivity (Wildman–Crippen MR) is 69.7 cm³/mol. The third-order valence-electron chi connectivity index (χ3n) is 3.29. The molecule has 1 saturated heterocycles. The minimum atomic E-state index is -3.28. The summed E-state index contributed by atoms with van der Waals surface area (Å²) in [5.74, 6) is 0.00583. The van der Waals surface area contributed by atoms with Gasteiger partial charge in [-0.05, 0) is 25.8 Å². The van der Waals surface area contributed by atoms with E-state index in [1.54, 1.807) is 0 Å². The maximum atomic E-state index is 12.0. The van der Waals surface area contributed by atoms with E-state index >= 15 is 0 Å². The molecule has 1 aliphatic heterocycles. The number of nitrogens with zero attached hydrogens (tertiary/aromatic N) is 1. The topological polar surface area (TPSA) is 83.6 Å². The lowest BCUT2D eigenvalue weighted by molar-refractivity contribution is 0.429. The fourth-order valence-electron chi connectivity index (χ4n) is 1.95. The summed E-state index contributed by atoms with van der Waals surface area (Å²) in [7, 11) is -6.30. The lowest BCUT2D eigenvalue weighted by Gasteiger charge is -2.25. The molecule has 1 heterocycles. The van der Waals surface area contributed by atoms with E-state index < -0.39 is 19.9 Å². The minimum absolute atomic E-state index is 0.0491. The van der Waals surface area contributed by atoms with Gasteiger partial charge in [0.15, 0.2) is 9.84 Å². The Morgan fingerprint density at radius 2 is 1.78 bits per heavy atom. The molecule has 8 heteroatoms. The summed E-state index contributed by atoms with van der Waals surface area (Å²) < 4.78 is 47.7. The molecule has 0 aromatic carbocycles. The summed E-state index contributed by atoms with van der Waals surface area (Å²) >= 11 is 0.